The molecule has 3 aromatic carbocycles. The molecule has 194 valence electrons. The predicted molar refractivity (Wildman–Crippen MR) is 147 cm³/mol. The molecule has 0 saturated carbocycles. The van der Waals surface area contributed by atoms with Crippen LogP contribution in [0.2, 0.25) is 0 Å². The Morgan fingerprint density at radius 2 is 1.66 bits per heavy atom. The number of carbonyl (C=O) groups is 2. The highest BCUT2D eigenvalue weighted by molar-refractivity contribution is 7.99. The Morgan fingerprint density at radius 1 is 0.974 bits per heavy atom. The number of carbonyl (C=O) groups excluding carboxylic acids is 2. The van der Waals surface area contributed by atoms with Crippen LogP contribution in [0.25, 0.3) is 17.1 Å². The van der Waals surface area contributed by atoms with Gasteiger partial charge in [-0.15, -0.1) is 10.2 Å². The third-order valence-electron chi connectivity index (χ3n) is 5.41. The quantitative estimate of drug-likeness (QED) is 0.110. The number of aromatic nitrogens is 3. The van der Waals surface area contributed by atoms with Crippen molar-refractivity contribution in [1.82, 2.24) is 20.2 Å². The second-order valence-electron chi connectivity index (χ2n) is 8.43. The fourth-order valence-electron chi connectivity index (χ4n) is 3.52. The zero-order valence-corrected chi connectivity index (χ0v) is 22.3. The third-order valence-corrected chi connectivity index (χ3v) is 6.34. The maximum atomic E-state index is 12.5. The van der Waals surface area contributed by atoms with Gasteiger partial charge in [-0.05, 0) is 49.7 Å². The lowest BCUT2D eigenvalue weighted by Crippen LogP contribution is -2.20. The molecule has 0 bridgehead atoms. The van der Waals surface area contributed by atoms with Crippen LogP contribution >= 0.6 is 11.8 Å². The van der Waals surface area contributed by atoms with Crippen LogP contribution in [0.4, 0.5) is 0 Å². The van der Waals surface area contributed by atoms with E-state index in [2.05, 4.69) is 20.7 Å². The SMILES string of the molecule is COc1cc(/C=N/NC(=O)CSc2nnc(-c3ccc(C)cc3)n2-c2ccc(C)cc2)ccc1OC(C)=O. The molecule has 4 rings (SSSR count). The molecule has 0 spiro atoms. The molecule has 0 aliphatic rings. The van der Waals surface area contributed by atoms with Gasteiger partial charge in [0.05, 0.1) is 19.1 Å². The molecule has 1 aromatic heterocycles. The van der Waals surface area contributed by atoms with Crippen LogP contribution in [-0.2, 0) is 9.59 Å². The Hall–Kier alpha value is -4.44. The summed E-state index contributed by atoms with van der Waals surface area (Å²) >= 11 is 1.27. The monoisotopic (exact) mass is 529 g/mol. The number of amides is 1. The normalized spacial score (nSPS) is 10.9. The number of hydrogen-bond acceptors (Lipinski definition) is 8. The molecular weight excluding hydrogens is 502 g/mol. The number of esters is 1. The number of ether oxygens (including phenoxy) is 2. The first kappa shape index (κ1) is 26.6. The lowest BCUT2D eigenvalue weighted by atomic mass is 10.1. The molecule has 1 amide bonds. The minimum absolute atomic E-state index is 0.0872. The number of methoxy groups -OCH3 is 1. The van der Waals surface area contributed by atoms with E-state index in [1.807, 2.05) is 66.9 Å². The number of benzene rings is 3. The molecule has 0 unspecified atom stereocenters. The summed E-state index contributed by atoms with van der Waals surface area (Å²) in [6.45, 7) is 5.38. The van der Waals surface area contributed by atoms with Crippen LogP contribution in [0, 0.1) is 13.8 Å². The van der Waals surface area contributed by atoms with Gasteiger partial charge in [0.15, 0.2) is 22.5 Å². The Bertz CT molecular complexity index is 1460. The van der Waals surface area contributed by atoms with Gasteiger partial charge in [-0.1, -0.05) is 59.3 Å². The van der Waals surface area contributed by atoms with Crippen LogP contribution in [0.15, 0.2) is 77.0 Å². The van der Waals surface area contributed by atoms with Gasteiger partial charge in [0.2, 0.25) is 0 Å². The summed E-state index contributed by atoms with van der Waals surface area (Å²) in [7, 11) is 1.47. The van der Waals surface area contributed by atoms with E-state index < -0.39 is 5.97 Å². The molecule has 9 nitrogen and oxygen atoms in total. The molecule has 0 atom stereocenters. The minimum atomic E-state index is -0.446. The van der Waals surface area contributed by atoms with Gasteiger partial charge in [0, 0.05) is 18.2 Å². The zero-order valence-electron chi connectivity index (χ0n) is 21.5. The van der Waals surface area contributed by atoms with E-state index in [1.165, 1.54) is 32.0 Å². The first-order valence-electron chi connectivity index (χ1n) is 11.7. The van der Waals surface area contributed by atoms with E-state index in [0.29, 0.717) is 28.0 Å². The van der Waals surface area contributed by atoms with Crippen LogP contribution in [0.5, 0.6) is 11.5 Å². The fourth-order valence-corrected chi connectivity index (χ4v) is 4.27. The van der Waals surface area contributed by atoms with Crippen molar-refractivity contribution in [3.63, 3.8) is 0 Å². The zero-order chi connectivity index (χ0) is 27.1. The van der Waals surface area contributed by atoms with Gasteiger partial charge in [-0.25, -0.2) is 5.43 Å². The Kier molecular flexibility index (Phi) is 8.55. The molecule has 0 fully saturated rings. The van der Waals surface area contributed by atoms with Gasteiger partial charge in [0.1, 0.15) is 0 Å². The number of hydrogen-bond donors (Lipinski definition) is 1. The molecule has 0 aliphatic carbocycles. The van der Waals surface area contributed by atoms with Gasteiger partial charge in [0.25, 0.3) is 5.91 Å². The van der Waals surface area contributed by atoms with Crippen LogP contribution < -0.4 is 14.9 Å². The molecule has 0 saturated heterocycles. The smallest absolute Gasteiger partial charge is 0.308 e. The van der Waals surface area contributed by atoms with Crippen molar-refractivity contribution in [1.29, 1.82) is 0 Å². The summed E-state index contributed by atoms with van der Waals surface area (Å²) in [5, 5.41) is 13.4. The summed E-state index contributed by atoms with van der Waals surface area (Å²) in [6, 6.07) is 21.1. The number of nitrogens with one attached hydrogen (secondary N) is 1. The van der Waals surface area contributed by atoms with Crippen molar-refractivity contribution >= 4 is 29.9 Å². The van der Waals surface area contributed by atoms with Crippen LogP contribution in [0.1, 0.15) is 23.6 Å². The maximum absolute atomic E-state index is 12.5. The standard InChI is InChI=1S/C28H27N5O4S/c1-18-5-10-22(11-6-18)27-31-32-28(33(27)23-12-7-19(2)8-13-23)38-17-26(35)30-29-16-21-9-14-24(37-20(3)34)25(15-21)36-4/h5-16H,17H2,1-4H3,(H,30,35)/b29-16+. The first-order chi connectivity index (χ1) is 18.3. The number of hydrazone groups is 1. The first-order valence-corrected chi connectivity index (χ1v) is 12.7. The van der Waals surface area contributed by atoms with Crippen molar-refractivity contribution in [3.05, 3.63) is 83.4 Å². The number of nitrogens with zero attached hydrogens (tertiary/aromatic N) is 4. The van der Waals surface area contributed by atoms with E-state index in [0.717, 1.165) is 22.4 Å². The average molecular weight is 530 g/mol. The molecule has 1 N–H and O–H groups in total. The predicted octanol–water partition coefficient (Wildman–Crippen LogP) is 4.73. The highest BCUT2D eigenvalue weighted by Gasteiger charge is 2.17. The topological polar surface area (TPSA) is 108 Å². The van der Waals surface area contributed by atoms with E-state index in [4.69, 9.17) is 9.47 Å². The molecule has 1 heterocycles. The molecule has 38 heavy (non-hydrogen) atoms. The van der Waals surface area contributed by atoms with Crippen molar-refractivity contribution in [2.45, 2.75) is 25.9 Å². The summed E-state index contributed by atoms with van der Waals surface area (Å²) in [6.07, 6.45) is 1.48. The summed E-state index contributed by atoms with van der Waals surface area (Å²) < 4.78 is 12.3. The van der Waals surface area contributed by atoms with Crippen LogP contribution in [-0.4, -0.2) is 45.7 Å². The Labute approximate surface area is 224 Å². The van der Waals surface area contributed by atoms with Crippen molar-refractivity contribution in [3.8, 4) is 28.6 Å². The lowest BCUT2D eigenvalue weighted by molar-refractivity contribution is -0.132. The van der Waals surface area contributed by atoms with Crippen molar-refractivity contribution in [2.24, 2.45) is 5.10 Å². The summed E-state index contributed by atoms with van der Waals surface area (Å²) in [4.78, 5) is 23.7. The fraction of sp³-hybridized carbons (Fsp3) is 0.179. The van der Waals surface area contributed by atoms with Crippen molar-refractivity contribution < 1.29 is 19.1 Å². The molecule has 10 heteroatoms. The number of rotatable bonds is 9. The second kappa shape index (κ2) is 12.2. The largest absolute Gasteiger partial charge is 0.493 e. The lowest BCUT2D eigenvalue weighted by Gasteiger charge is -2.11. The van der Waals surface area contributed by atoms with Gasteiger partial charge in [-0.3, -0.25) is 14.2 Å². The van der Waals surface area contributed by atoms with E-state index >= 15 is 0 Å². The molecule has 0 aliphatic heterocycles. The Morgan fingerprint density at radius 3 is 2.32 bits per heavy atom. The summed E-state index contributed by atoms with van der Waals surface area (Å²) in [5.74, 6) is 0.722. The second-order valence-corrected chi connectivity index (χ2v) is 9.37. The maximum Gasteiger partial charge on any atom is 0.308 e. The number of aryl methyl sites for hydroxylation is 2. The van der Waals surface area contributed by atoms with Gasteiger partial charge in [-0.2, -0.15) is 5.10 Å². The highest BCUT2D eigenvalue weighted by atomic mass is 32.2. The van der Waals surface area contributed by atoms with E-state index in [1.54, 1.807) is 18.2 Å². The van der Waals surface area contributed by atoms with Crippen LogP contribution in [0.3, 0.4) is 0 Å². The number of thioether (sulfide) groups is 1. The average Bonchev–Trinajstić information content (AvgIpc) is 3.32. The van der Waals surface area contributed by atoms with Gasteiger partial charge >= 0.3 is 5.97 Å². The van der Waals surface area contributed by atoms with Gasteiger partial charge < -0.3 is 9.47 Å². The van der Waals surface area contributed by atoms with E-state index in [-0.39, 0.29) is 11.7 Å². The molecular formula is C28H27N5O4S. The minimum Gasteiger partial charge on any atom is -0.493 e. The Balaban J connectivity index is 1.46. The van der Waals surface area contributed by atoms with E-state index in [9.17, 15) is 9.59 Å². The third kappa shape index (κ3) is 6.65. The van der Waals surface area contributed by atoms with Crippen molar-refractivity contribution in [2.75, 3.05) is 12.9 Å². The summed E-state index contributed by atoms with van der Waals surface area (Å²) in [5.41, 5.74) is 7.31. The highest BCUT2D eigenvalue weighted by Crippen LogP contribution is 2.29. The molecule has 0 radical (unpaired) electrons. The molecule has 4 aromatic rings.